The molecule has 0 radical (unpaired) electrons. The molecule has 1 aliphatic carbocycles. The molecular weight excluding hydrogens is 377 g/mol. The number of rotatable bonds is 5. The first-order chi connectivity index (χ1) is 13.5. The molecule has 0 spiro atoms. The Morgan fingerprint density at radius 2 is 1.89 bits per heavy atom. The fourth-order valence-corrected chi connectivity index (χ4v) is 3.95. The number of nitrogens with zero attached hydrogens (tertiary/aromatic N) is 3. The molecule has 28 heavy (non-hydrogen) atoms. The minimum Gasteiger partial charge on any atom is -0.354 e. The number of hydrogen-bond acceptors (Lipinski definition) is 3. The molecule has 2 heterocycles. The van der Waals surface area contributed by atoms with Gasteiger partial charge < -0.3 is 9.80 Å². The second-order valence-corrected chi connectivity index (χ2v) is 8.38. The molecule has 2 aliphatic rings. The standard InChI is InChI=1S/C22H25ClFN3O/c1-15-12-20(24)21(25-13-15)26-10-8-17(9-11-26)22(28)27(14-16-2-3-16)19-6-4-18(23)5-7-19/h4-7,12-13,16-17H,2-3,8-11,14H2,1H3. The maximum absolute atomic E-state index is 14.2. The van der Waals surface area contributed by atoms with Gasteiger partial charge in [-0.15, -0.1) is 0 Å². The zero-order chi connectivity index (χ0) is 19.7. The van der Waals surface area contributed by atoms with Gasteiger partial charge in [0.05, 0.1) is 0 Å². The van der Waals surface area contributed by atoms with Crippen molar-refractivity contribution >= 4 is 29.0 Å². The van der Waals surface area contributed by atoms with E-state index in [1.54, 1.807) is 6.20 Å². The summed E-state index contributed by atoms with van der Waals surface area (Å²) in [5.74, 6) is 0.835. The molecule has 1 aliphatic heterocycles. The number of aromatic nitrogens is 1. The van der Waals surface area contributed by atoms with Crippen LogP contribution in [0.1, 0.15) is 31.2 Å². The molecule has 0 N–H and O–H groups in total. The lowest BCUT2D eigenvalue weighted by molar-refractivity contribution is -0.123. The Kier molecular flexibility index (Phi) is 5.54. The molecule has 6 heteroatoms. The third-order valence-electron chi connectivity index (χ3n) is 5.64. The van der Waals surface area contributed by atoms with Crippen LogP contribution in [0.25, 0.3) is 0 Å². The van der Waals surface area contributed by atoms with Gasteiger partial charge in [-0.2, -0.15) is 0 Å². The van der Waals surface area contributed by atoms with Crippen molar-refractivity contribution in [1.82, 2.24) is 4.98 Å². The zero-order valence-electron chi connectivity index (χ0n) is 16.1. The smallest absolute Gasteiger partial charge is 0.230 e. The molecule has 4 rings (SSSR count). The number of anilines is 2. The second kappa shape index (κ2) is 8.08. The first-order valence-corrected chi connectivity index (χ1v) is 10.3. The van der Waals surface area contributed by atoms with Gasteiger partial charge in [-0.25, -0.2) is 9.37 Å². The van der Waals surface area contributed by atoms with E-state index >= 15 is 0 Å². The molecule has 1 aromatic heterocycles. The van der Waals surface area contributed by atoms with Crippen LogP contribution in [-0.2, 0) is 4.79 Å². The van der Waals surface area contributed by atoms with Crippen molar-refractivity contribution in [1.29, 1.82) is 0 Å². The lowest BCUT2D eigenvalue weighted by Gasteiger charge is -2.35. The van der Waals surface area contributed by atoms with Gasteiger partial charge >= 0.3 is 0 Å². The van der Waals surface area contributed by atoms with E-state index in [9.17, 15) is 9.18 Å². The second-order valence-electron chi connectivity index (χ2n) is 7.95. The van der Waals surface area contributed by atoms with E-state index in [0.717, 1.165) is 17.8 Å². The van der Waals surface area contributed by atoms with Crippen molar-refractivity contribution in [3.63, 3.8) is 0 Å². The lowest BCUT2D eigenvalue weighted by Crippen LogP contribution is -2.44. The largest absolute Gasteiger partial charge is 0.354 e. The molecule has 1 saturated heterocycles. The molecule has 0 unspecified atom stereocenters. The topological polar surface area (TPSA) is 36.4 Å². The minimum atomic E-state index is -0.290. The van der Waals surface area contributed by atoms with Crippen molar-refractivity contribution < 1.29 is 9.18 Å². The lowest BCUT2D eigenvalue weighted by atomic mass is 9.94. The third-order valence-corrected chi connectivity index (χ3v) is 5.90. The first-order valence-electron chi connectivity index (χ1n) is 9.95. The van der Waals surface area contributed by atoms with E-state index in [2.05, 4.69) is 4.98 Å². The van der Waals surface area contributed by atoms with Crippen LogP contribution in [0.5, 0.6) is 0 Å². The first kappa shape index (κ1) is 19.2. The van der Waals surface area contributed by atoms with Gasteiger partial charge in [-0.05, 0) is 74.4 Å². The van der Waals surface area contributed by atoms with Gasteiger partial charge in [-0.3, -0.25) is 4.79 Å². The van der Waals surface area contributed by atoms with Gasteiger partial charge in [0.15, 0.2) is 11.6 Å². The fraction of sp³-hybridized carbons (Fsp3) is 0.455. The fourth-order valence-electron chi connectivity index (χ4n) is 3.82. The summed E-state index contributed by atoms with van der Waals surface area (Å²) in [7, 11) is 0. The van der Waals surface area contributed by atoms with Gasteiger partial charge in [0.1, 0.15) is 0 Å². The summed E-state index contributed by atoms with van der Waals surface area (Å²) in [6, 6.07) is 9.02. The number of pyridine rings is 1. The summed E-state index contributed by atoms with van der Waals surface area (Å²) in [4.78, 5) is 21.4. The molecule has 0 bridgehead atoms. The van der Waals surface area contributed by atoms with Crippen molar-refractivity contribution in [2.24, 2.45) is 11.8 Å². The number of aryl methyl sites for hydroxylation is 1. The maximum Gasteiger partial charge on any atom is 0.230 e. The Hall–Kier alpha value is -2.14. The summed E-state index contributed by atoms with van der Waals surface area (Å²) >= 11 is 6.01. The summed E-state index contributed by atoms with van der Waals surface area (Å²) in [5.41, 5.74) is 1.72. The Labute approximate surface area is 170 Å². The third kappa shape index (κ3) is 4.30. The van der Waals surface area contributed by atoms with Crippen LogP contribution in [-0.4, -0.2) is 30.5 Å². The van der Waals surface area contributed by atoms with Crippen molar-refractivity contribution in [2.45, 2.75) is 32.6 Å². The molecule has 2 aromatic rings. The highest BCUT2D eigenvalue weighted by atomic mass is 35.5. The van der Waals surface area contributed by atoms with Gasteiger partial charge in [0, 0.05) is 42.5 Å². The molecule has 2 fully saturated rings. The minimum absolute atomic E-state index is 0.0424. The predicted octanol–water partition coefficient (Wildman–Crippen LogP) is 4.84. The van der Waals surface area contributed by atoms with Crippen LogP contribution in [0.4, 0.5) is 15.9 Å². The summed E-state index contributed by atoms with van der Waals surface area (Å²) in [5, 5.41) is 0.670. The number of piperidine rings is 1. The summed E-state index contributed by atoms with van der Waals surface area (Å²) in [6.45, 7) is 3.88. The Morgan fingerprint density at radius 3 is 2.50 bits per heavy atom. The molecule has 0 atom stereocenters. The van der Waals surface area contributed by atoms with Crippen molar-refractivity contribution in [3.8, 4) is 0 Å². The Bertz CT molecular complexity index is 845. The number of amides is 1. The SMILES string of the molecule is Cc1cnc(N2CCC(C(=O)N(CC3CC3)c3ccc(Cl)cc3)CC2)c(F)c1. The molecule has 1 saturated carbocycles. The number of halogens is 2. The van der Waals surface area contributed by atoms with Crippen molar-refractivity contribution in [2.75, 3.05) is 29.4 Å². The number of carbonyl (C=O) groups excluding carboxylic acids is 1. The summed E-state index contributed by atoms with van der Waals surface area (Å²) in [6.07, 6.45) is 5.49. The zero-order valence-corrected chi connectivity index (χ0v) is 16.8. The Balaban J connectivity index is 1.44. The van der Waals surface area contributed by atoms with Gasteiger partial charge in [0.25, 0.3) is 0 Å². The average molecular weight is 402 g/mol. The monoisotopic (exact) mass is 401 g/mol. The van der Waals surface area contributed by atoms with Crippen LogP contribution in [0.3, 0.4) is 0 Å². The number of hydrogen-bond donors (Lipinski definition) is 0. The molecule has 1 amide bonds. The van der Waals surface area contributed by atoms with E-state index < -0.39 is 0 Å². The van der Waals surface area contributed by atoms with E-state index in [-0.39, 0.29) is 17.6 Å². The molecular formula is C22H25ClFN3O. The highest BCUT2D eigenvalue weighted by Crippen LogP contribution is 2.34. The number of benzene rings is 1. The highest BCUT2D eigenvalue weighted by Gasteiger charge is 2.33. The van der Waals surface area contributed by atoms with Crippen LogP contribution >= 0.6 is 11.6 Å². The van der Waals surface area contributed by atoms with E-state index in [1.165, 1.54) is 18.9 Å². The van der Waals surface area contributed by atoms with E-state index in [0.29, 0.717) is 42.7 Å². The number of carbonyl (C=O) groups is 1. The highest BCUT2D eigenvalue weighted by molar-refractivity contribution is 6.30. The van der Waals surface area contributed by atoms with Gasteiger partial charge in [-0.1, -0.05) is 11.6 Å². The Morgan fingerprint density at radius 1 is 1.21 bits per heavy atom. The molecule has 4 nitrogen and oxygen atoms in total. The molecule has 148 valence electrons. The van der Waals surface area contributed by atoms with Crippen LogP contribution < -0.4 is 9.80 Å². The normalized spacial score (nSPS) is 17.6. The van der Waals surface area contributed by atoms with Gasteiger partial charge in [0.2, 0.25) is 5.91 Å². The average Bonchev–Trinajstić information content (AvgIpc) is 3.51. The van der Waals surface area contributed by atoms with Crippen molar-refractivity contribution in [3.05, 3.63) is 52.9 Å². The van der Waals surface area contributed by atoms with E-state index in [4.69, 9.17) is 11.6 Å². The van der Waals surface area contributed by atoms with Crippen LogP contribution in [0, 0.1) is 24.6 Å². The maximum atomic E-state index is 14.2. The summed E-state index contributed by atoms with van der Waals surface area (Å²) < 4.78 is 14.2. The predicted molar refractivity (Wildman–Crippen MR) is 110 cm³/mol. The van der Waals surface area contributed by atoms with Crippen LogP contribution in [0.15, 0.2) is 36.5 Å². The van der Waals surface area contributed by atoms with E-state index in [1.807, 2.05) is 41.0 Å². The molecule has 1 aromatic carbocycles. The quantitative estimate of drug-likeness (QED) is 0.719. The van der Waals surface area contributed by atoms with Crippen LogP contribution in [0.2, 0.25) is 5.02 Å².